The van der Waals surface area contributed by atoms with Gasteiger partial charge in [0.2, 0.25) is 0 Å². The second-order valence-corrected chi connectivity index (χ2v) is 7.92. The maximum absolute atomic E-state index is 6.35. The summed E-state index contributed by atoms with van der Waals surface area (Å²) in [5.41, 5.74) is 11.3. The topological polar surface area (TPSA) is 41.6 Å². The van der Waals surface area contributed by atoms with Crippen LogP contribution in [0.3, 0.4) is 0 Å². The minimum Gasteiger partial charge on any atom is -0.404 e. The largest absolute Gasteiger partial charge is 0.404 e. The van der Waals surface area contributed by atoms with Gasteiger partial charge in [-0.1, -0.05) is 62.9 Å². The van der Waals surface area contributed by atoms with E-state index in [9.17, 15) is 0 Å². The Kier molecular flexibility index (Phi) is 8.09. The first kappa shape index (κ1) is 22.0. The van der Waals surface area contributed by atoms with Gasteiger partial charge in [-0.05, 0) is 28.8 Å². The molecule has 1 aromatic carbocycles. The Bertz CT molecular complexity index is 895. The molecular weight excluding hydrogens is 386 g/mol. The SMILES string of the molecule is C=CC(=C)N1Cc2sc(Cl)cc2C(c2ccccc2/C(C=NC)=C/N)C1.CC. The van der Waals surface area contributed by atoms with E-state index in [1.165, 1.54) is 16.0 Å². The van der Waals surface area contributed by atoms with E-state index in [2.05, 4.69) is 47.3 Å². The number of benzene rings is 1. The zero-order valence-corrected chi connectivity index (χ0v) is 18.4. The van der Waals surface area contributed by atoms with E-state index >= 15 is 0 Å². The van der Waals surface area contributed by atoms with E-state index in [1.54, 1.807) is 36.9 Å². The summed E-state index contributed by atoms with van der Waals surface area (Å²) >= 11 is 7.98. The molecule has 28 heavy (non-hydrogen) atoms. The lowest BCUT2D eigenvalue weighted by atomic mass is 9.84. The lowest BCUT2D eigenvalue weighted by molar-refractivity contribution is 0.319. The number of aliphatic imine (C=N–C) groups is 1. The zero-order valence-electron chi connectivity index (χ0n) is 16.8. The van der Waals surface area contributed by atoms with Crippen LogP contribution >= 0.6 is 22.9 Å². The van der Waals surface area contributed by atoms with Crippen LogP contribution in [0.4, 0.5) is 0 Å². The van der Waals surface area contributed by atoms with E-state index < -0.39 is 0 Å². The third kappa shape index (κ3) is 4.57. The molecule has 0 radical (unpaired) electrons. The highest BCUT2D eigenvalue weighted by molar-refractivity contribution is 7.16. The molecule has 0 bridgehead atoms. The van der Waals surface area contributed by atoms with Crippen LogP contribution in [-0.4, -0.2) is 24.7 Å². The lowest BCUT2D eigenvalue weighted by Gasteiger charge is -2.35. The molecule has 1 atom stereocenters. The maximum Gasteiger partial charge on any atom is 0.0934 e. The van der Waals surface area contributed by atoms with Gasteiger partial charge in [-0.3, -0.25) is 4.99 Å². The Morgan fingerprint density at radius 3 is 2.68 bits per heavy atom. The van der Waals surface area contributed by atoms with Crippen LogP contribution in [-0.2, 0) is 6.54 Å². The average Bonchev–Trinajstić information content (AvgIpc) is 3.12. The molecule has 0 aliphatic carbocycles. The fraction of sp³-hybridized carbons (Fsp3) is 0.261. The zero-order chi connectivity index (χ0) is 20.7. The summed E-state index contributed by atoms with van der Waals surface area (Å²) in [5, 5.41) is 0. The van der Waals surface area contributed by atoms with Gasteiger partial charge < -0.3 is 10.6 Å². The van der Waals surface area contributed by atoms with Crippen molar-refractivity contribution < 1.29 is 0 Å². The predicted octanol–water partition coefficient (Wildman–Crippen LogP) is 6.08. The number of allylic oxidation sites excluding steroid dienone is 2. The minimum absolute atomic E-state index is 0.176. The Hall–Kier alpha value is -2.30. The van der Waals surface area contributed by atoms with Crippen molar-refractivity contribution in [2.24, 2.45) is 10.7 Å². The van der Waals surface area contributed by atoms with E-state index in [4.69, 9.17) is 17.3 Å². The van der Waals surface area contributed by atoms with E-state index in [0.29, 0.717) is 0 Å². The number of thiophene rings is 1. The van der Waals surface area contributed by atoms with E-state index in [1.807, 2.05) is 19.9 Å². The number of rotatable bonds is 5. The van der Waals surface area contributed by atoms with Crippen LogP contribution in [0.1, 0.15) is 41.3 Å². The Balaban J connectivity index is 0.00000136. The molecule has 148 valence electrons. The summed E-state index contributed by atoms with van der Waals surface area (Å²) in [4.78, 5) is 7.67. The number of hydrogen-bond acceptors (Lipinski definition) is 4. The lowest BCUT2D eigenvalue weighted by Crippen LogP contribution is -2.32. The summed E-state index contributed by atoms with van der Waals surface area (Å²) in [6.07, 6.45) is 5.21. The highest BCUT2D eigenvalue weighted by Gasteiger charge is 2.30. The summed E-state index contributed by atoms with van der Waals surface area (Å²) in [7, 11) is 1.75. The molecule has 0 amide bonds. The van der Waals surface area contributed by atoms with Crippen molar-refractivity contribution in [1.82, 2.24) is 4.90 Å². The Morgan fingerprint density at radius 2 is 2.04 bits per heavy atom. The van der Waals surface area contributed by atoms with Gasteiger partial charge >= 0.3 is 0 Å². The average molecular weight is 414 g/mol. The van der Waals surface area contributed by atoms with Crippen LogP contribution in [0.5, 0.6) is 0 Å². The van der Waals surface area contributed by atoms with Crippen molar-refractivity contribution in [3.63, 3.8) is 0 Å². The van der Waals surface area contributed by atoms with Crippen molar-refractivity contribution in [3.05, 3.63) is 87.4 Å². The molecule has 0 saturated heterocycles. The molecular formula is C23H28ClN3S. The molecule has 1 aliphatic rings. The predicted molar refractivity (Wildman–Crippen MR) is 125 cm³/mol. The third-order valence-electron chi connectivity index (χ3n) is 4.66. The quantitative estimate of drug-likeness (QED) is 0.477. The van der Waals surface area contributed by atoms with Gasteiger partial charge in [0.15, 0.2) is 0 Å². The molecule has 3 nitrogen and oxygen atoms in total. The Morgan fingerprint density at radius 1 is 1.32 bits per heavy atom. The van der Waals surface area contributed by atoms with Crippen molar-refractivity contribution in [2.75, 3.05) is 13.6 Å². The van der Waals surface area contributed by atoms with E-state index in [-0.39, 0.29) is 5.92 Å². The van der Waals surface area contributed by atoms with Gasteiger partial charge in [0, 0.05) is 48.1 Å². The van der Waals surface area contributed by atoms with Gasteiger partial charge in [0.25, 0.3) is 0 Å². The normalized spacial score (nSPS) is 16.4. The molecule has 3 rings (SSSR count). The van der Waals surface area contributed by atoms with Crippen LogP contribution in [0.15, 0.2) is 66.5 Å². The molecule has 0 fully saturated rings. The van der Waals surface area contributed by atoms with Crippen LogP contribution in [0, 0.1) is 0 Å². The fourth-order valence-corrected chi connectivity index (χ4v) is 4.76. The molecule has 2 aromatic rings. The van der Waals surface area contributed by atoms with Gasteiger partial charge in [-0.25, -0.2) is 0 Å². The Labute approximate surface area is 177 Å². The van der Waals surface area contributed by atoms with Gasteiger partial charge in [-0.2, -0.15) is 0 Å². The molecule has 2 N–H and O–H groups in total. The fourth-order valence-electron chi connectivity index (χ4n) is 3.40. The van der Waals surface area contributed by atoms with Crippen LogP contribution in [0.2, 0.25) is 4.34 Å². The van der Waals surface area contributed by atoms with Crippen molar-refractivity contribution in [2.45, 2.75) is 26.3 Å². The first-order valence-electron chi connectivity index (χ1n) is 9.36. The van der Waals surface area contributed by atoms with Crippen molar-refractivity contribution in [3.8, 4) is 0 Å². The van der Waals surface area contributed by atoms with Crippen molar-refractivity contribution >= 4 is 34.7 Å². The number of hydrogen-bond donors (Lipinski definition) is 1. The third-order valence-corrected chi connectivity index (χ3v) is 5.93. The highest BCUT2D eigenvalue weighted by atomic mass is 35.5. The molecule has 0 saturated carbocycles. The molecule has 2 heterocycles. The molecule has 1 aromatic heterocycles. The molecule has 5 heteroatoms. The van der Waals surface area contributed by atoms with Crippen molar-refractivity contribution in [1.29, 1.82) is 0 Å². The standard InChI is InChI=1S/C21H22ClN3S.C2H6/c1-4-14(2)25-12-19(18-9-21(22)26-20(18)13-25)17-8-6-5-7-16(17)15(10-23)11-24-3;1-2/h4-11,19H,1-2,12-13,23H2,3H3;1-2H3/b15-10+,24-11?;. The minimum atomic E-state index is 0.176. The number of nitrogens with two attached hydrogens (primary N) is 1. The monoisotopic (exact) mass is 413 g/mol. The summed E-state index contributed by atoms with van der Waals surface area (Å²) < 4.78 is 0.813. The second kappa shape index (κ2) is 10.3. The number of fused-ring (bicyclic) bond motifs is 1. The highest BCUT2D eigenvalue weighted by Crippen LogP contribution is 2.42. The first-order chi connectivity index (χ1) is 13.6. The van der Waals surface area contributed by atoms with Crippen LogP contribution in [0.25, 0.3) is 5.57 Å². The summed E-state index contributed by atoms with van der Waals surface area (Å²) in [5.74, 6) is 0.176. The van der Waals surface area contributed by atoms with Gasteiger partial charge in [0.1, 0.15) is 0 Å². The maximum atomic E-state index is 6.35. The number of halogens is 1. The number of nitrogens with zero attached hydrogens (tertiary/aromatic N) is 2. The van der Waals surface area contributed by atoms with Crippen LogP contribution < -0.4 is 5.73 Å². The summed E-state index contributed by atoms with van der Waals surface area (Å²) in [6.45, 7) is 13.6. The van der Waals surface area contributed by atoms with Gasteiger partial charge in [0.05, 0.1) is 10.9 Å². The molecule has 1 aliphatic heterocycles. The van der Waals surface area contributed by atoms with E-state index in [0.717, 1.165) is 34.3 Å². The second-order valence-electron chi connectivity index (χ2n) is 6.15. The summed E-state index contributed by atoms with van der Waals surface area (Å²) in [6, 6.07) is 10.4. The molecule has 1 unspecified atom stereocenters. The van der Waals surface area contributed by atoms with Gasteiger partial charge in [-0.15, -0.1) is 11.3 Å². The first-order valence-corrected chi connectivity index (χ1v) is 10.6. The molecule has 0 spiro atoms. The smallest absolute Gasteiger partial charge is 0.0934 e.